The highest BCUT2D eigenvalue weighted by atomic mass is 35.5. The molecule has 0 aliphatic rings. The molecule has 6 nitrogen and oxygen atoms in total. The van der Waals surface area contributed by atoms with E-state index in [2.05, 4.69) is 4.90 Å². The number of fused-ring (bicyclic) bond motifs is 1. The van der Waals surface area contributed by atoms with Crippen molar-refractivity contribution in [2.24, 2.45) is 0 Å². The topological polar surface area (TPSA) is 54.9 Å². The van der Waals surface area contributed by atoms with Crippen molar-refractivity contribution in [2.75, 3.05) is 46.3 Å². The van der Waals surface area contributed by atoms with Crippen LogP contribution in [0.15, 0.2) is 30.3 Å². The van der Waals surface area contributed by atoms with Crippen LogP contribution in [0.2, 0.25) is 10.0 Å². The summed E-state index contributed by atoms with van der Waals surface area (Å²) in [5.74, 6) is 1.05. The van der Waals surface area contributed by atoms with E-state index in [9.17, 15) is 4.79 Å². The zero-order chi connectivity index (χ0) is 21.8. The van der Waals surface area contributed by atoms with Crippen molar-refractivity contribution in [3.05, 3.63) is 45.9 Å². The van der Waals surface area contributed by atoms with Crippen molar-refractivity contribution in [1.29, 1.82) is 0 Å². The summed E-state index contributed by atoms with van der Waals surface area (Å²) in [6, 6.07) is 8.50. The average molecular weight is 468 g/mol. The number of rotatable bonds is 8. The Hall–Kier alpha value is -2.06. The summed E-state index contributed by atoms with van der Waals surface area (Å²) in [6.45, 7) is 1.30. The van der Waals surface area contributed by atoms with Crippen LogP contribution in [0, 0.1) is 0 Å². The Morgan fingerprint density at radius 3 is 2.43 bits per heavy atom. The van der Waals surface area contributed by atoms with Gasteiger partial charge in [0.05, 0.1) is 24.8 Å². The van der Waals surface area contributed by atoms with Gasteiger partial charge in [0.1, 0.15) is 21.7 Å². The van der Waals surface area contributed by atoms with Crippen LogP contribution < -0.4 is 14.4 Å². The first kappa shape index (κ1) is 22.6. The highest BCUT2D eigenvalue weighted by molar-refractivity contribution is 7.22. The van der Waals surface area contributed by atoms with E-state index in [0.717, 1.165) is 17.7 Å². The van der Waals surface area contributed by atoms with E-state index in [1.807, 2.05) is 20.2 Å². The second-order valence-electron chi connectivity index (χ2n) is 6.88. The summed E-state index contributed by atoms with van der Waals surface area (Å²) in [6.07, 6.45) is 0.765. The van der Waals surface area contributed by atoms with Crippen LogP contribution in [0.3, 0.4) is 0 Å². The lowest BCUT2D eigenvalue weighted by atomic mass is 10.2. The molecule has 0 spiro atoms. The number of anilines is 1. The molecular formula is C21H23Cl2N3O3S. The number of carbonyl (C=O) groups is 1. The van der Waals surface area contributed by atoms with Gasteiger partial charge in [0, 0.05) is 11.6 Å². The molecule has 2 aromatic carbocycles. The molecule has 3 rings (SSSR count). The number of aromatic nitrogens is 1. The number of nitrogens with zero attached hydrogens (tertiary/aromatic N) is 3. The molecule has 0 N–H and O–H groups in total. The maximum atomic E-state index is 13.5. The van der Waals surface area contributed by atoms with Crippen molar-refractivity contribution in [3.8, 4) is 11.5 Å². The van der Waals surface area contributed by atoms with Gasteiger partial charge >= 0.3 is 0 Å². The average Bonchev–Trinajstić information content (AvgIpc) is 3.16. The maximum Gasteiger partial charge on any atom is 0.261 e. The van der Waals surface area contributed by atoms with Gasteiger partial charge < -0.3 is 14.4 Å². The van der Waals surface area contributed by atoms with Crippen LogP contribution in [0.4, 0.5) is 5.13 Å². The van der Waals surface area contributed by atoms with Gasteiger partial charge in [-0.25, -0.2) is 4.98 Å². The summed E-state index contributed by atoms with van der Waals surface area (Å²) in [5, 5.41) is 1.34. The van der Waals surface area contributed by atoms with Crippen molar-refractivity contribution in [3.63, 3.8) is 0 Å². The fraction of sp³-hybridized carbons (Fsp3) is 0.333. The molecular weight excluding hydrogens is 445 g/mol. The summed E-state index contributed by atoms with van der Waals surface area (Å²) < 4.78 is 11.7. The molecule has 3 aromatic rings. The van der Waals surface area contributed by atoms with Gasteiger partial charge in [0.2, 0.25) is 0 Å². The Labute approximate surface area is 189 Å². The zero-order valence-corrected chi connectivity index (χ0v) is 19.6. The molecule has 0 radical (unpaired) electrons. The molecule has 0 bridgehead atoms. The Balaban J connectivity index is 2.08. The van der Waals surface area contributed by atoms with Crippen LogP contribution >= 0.6 is 34.5 Å². The van der Waals surface area contributed by atoms with E-state index < -0.39 is 0 Å². The Morgan fingerprint density at radius 1 is 1.07 bits per heavy atom. The predicted molar refractivity (Wildman–Crippen MR) is 124 cm³/mol. The lowest BCUT2D eigenvalue weighted by Gasteiger charge is -2.21. The molecule has 0 atom stereocenters. The zero-order valence-electron chi connectivity index (χ0n) is 17.2. The molecule has 1 aromatic heterocycles. The third-order valence-corrected chi connectivity index (χ3v) is 6.18. The highest BCUT2D eigenvalue weighted by Gasteiger charge is 2.25. The second kappa shape index (κ2) is 9.83. The number of methoxy groups -OCH3 is 2. The maximum absolute atomic E-state index is 13.5. The molecule has 9 heteroatoms. The van der Waals surface area contributed by atoms with Gasteiger partial charge in [-0.1, -0.05) is 34.5 Å². The summed E-state index contributed by atoms with van der Waals surface area (Å²) in [7, 11) is 7.18. The van der Waals surface area contributed by atoms with E-state index >= 15 is 0 Å². The molecule has 0 saturated carbocycles. The minimum Gasteiger partial charge on any atom is -0.495 e. The number of amides is 1. The molecule has 0 saturated heterocycles. The standard InChI is InChI=1S/C21H23Cl2N3O3S/c1-25(2)10-5-11-26(20(27)14-12-13(22)6-7-15(14)23)21-24-18-16(28-3)8-9-17(29-4)19(18)30-21/h6-9,12H,5,10-11H2,1-4H3. The predicted octanol–water partition coefficient (Wildman–Crippen LogP) is 5.22. The van der Waals surface area contributed by atoms with E-state index in [1.165, 1.54) is 11.3 Å². The van der Waals surface area contributed by atoms with Gasteiger partial charge in [-0.15, -0.1) is 0 Å². The fourth-order valence-corrected chi connectivity index (χ4v) is 4.49. The molecule has 0 aliphatic carbocycles. The first-order valence-corrected chi connectivity index (χ1v) is 10.9. The SMILES string of the molecule is COc1ccc(OC)c2sc(N(CCCN(C)C)C(=O)c3cc(Cl)ccc3Cl)nc12. The fourth-order valence-electron chi connectivity index (χ4n) is 3.03. The summed E-state index contributed by atoms with van der Waals surface area (Å²) in [4.78, 5) is 21.9. The molecule has 1 amide bonds. The molecule has 0 fully saturated rings. The lowest BCUT2D eigenvalue weighted by Crippen LogP contribution is -2.33. The monoisotopic (exact) mass is 467 g/mol. The highest BCUT2D eigenvalue weighted by Crippen LogP contribution is 2.40. The Bertz CT molecular complexity index is 1010. The summed E-state index contributed by atoms with van der Waals surface area (Å²) in [5.41, 5.74) is 0.992. The van der Waals surface area contributed by atoms with Crippen molar-refractivity contribution in [2.45, 2.75) is 6.42 Å². The van der Waals surface area contributed by atoms with Crippen molar-refractivity contribution in [1.82, 2.24) is 9.88 Å². The minimum atomic E-state index is -0.252. The molecule has 0 aliphatic heterocycles. The first-order chi connectivity index (χ1) is 14.3. The number of hydrogen-bond acceptors (Lipinski definition) is 6. The molecule has 30 heavy (non-hydrogen) atoms. The number of thiazole rings is 1. The quantitative estimate of drug-likeness (QED) is 0.454. The van der Waals surface area contributed by atoms with Crippen LogP contribution in [-0.2, 0) is 0 Å². The number of benzene rings is 2. The van der Waals surface area contributed by atoms with Gasteiger partial charge in [-0.05, 0) is 57.4 Å². The smallest absolute Gasteiger partial charge is 0.261 e. The van der Waals surface area contributed by atoms with Gasteiger partial charge in [-0.3, -0.25) is 9.69 Å². The van der Waals surface area contributed by atoms with E-state index in [1.54, 1.807) is 43.4 Å². The largest absolute Gasteiger partial charge is 0.495 e. The Morgan fingerprint density at radius 2 is 1.77 bits per heavy atom. The van der Waals surface area contributed by atoms with E-state index in [-0.39, 0.29) is 5.91 Å². The van der Waals surface area contributed by atoms with Gasteiger partial charge in [0.15, 0.2) is 5.13 Å². The molecule has 1 heterocycles. The van der Waals surface area contributed by atoms with Crippen LogP contribution in [0.5, 0.6) is 11.5 Å². The third-order valence-electron chi connectivity index (χ3n) is 4.52. The van der Waals surface area contributed by atoms with E-state index in [4.69, 9.17) is 37.7 Å². The Kier molecular flexibility index (Phi) is 7.41. The molecule has 160 valence electrons. The van der Waals surface area contributed by atoms with Gasteiger partial charge in [0.25, 0.3) is 5.91 Å². The van der Waals surface area contributed by atoms with Crippen molar-refractivity contribution >= 4 is 55.8 Å². The minimum absolute atomic E-state index is 0.252. The normalized spacial score (nSPS) is 11.2. The number of halogens is 2. The van der Waals surface area contributed by atoms with Crippen LogP contribution in [-0.4, -0.2) is 57.2 Å². The second-order valence-corrected chi connectivity index (χ2v) is 8.70. The summed E-state index contributed by atoms with van der Waals surface area (Å²) >= 11 is 13.8. The number of ether oxygens (including phenoxy) is 2. The molecule has 0 unspecified atom stereocenters. The van der Waals surface area contributed by atoms with E-state index in [0.29, 0.717) is 44.3 Å². The third kappa shape index (κ3) is 4.81. The number of hydrogen-bond donors (Lipinski definition) is 0. The van der Waals surface area contributed by atoms with Crippen LogP contribution in [0.1, 0.15) is 16.8 Å². The first-order valence-electron chi connectivity index (χ1n) is 9.29. The number of carbonyl (C=O) groups excluding carboxylic acids is 1. The van der Waals surface area contributed by atoms with Crippen LogP contribution in [0.25, 0.3) is 10.2 Å². The van der Waals surface area contributed by atoms with Crippen molar-refractivity contribution < 1.29 is 14.3 Å². The van der Waals surface area contributed by atoms with Gasteiger partial charge in [-0.2, -0.15) is 0 Å². The lowest BCUT2D eigenvalue weighted by molar-refractivity contribution is 0.0986.